The van der Waals surface area contributed by atoms with Gasteiger partial charge in [-0.2, -0.15) is 8.42 Å². The molecule has 0 aromatic carbocycles. The fourth-order valence-corrected chi connectivity index (χ4v) is 0.489. The van der Waals surface area contributed by atoms with Crippen LogP contribution in [0.1, 0.15) is 13.3 Å². The van der Waals surface area contributed by atoms with E-state index in [0.717, 1.165) is 0 Å². The van der Waals surface area contributed by atoms with Crippen molar-refractivity contribution < 1.29 is 46.3 Å². The zero-order valence-electron chi connectivity index (χ0n) is 8.22. The van der Waals surface area contributed by atoms with Gasteiger partial charge in [-0.3, -0.25) is 9.11 Å². The summed E-state index contributed by atoms with van der Waals surface area (Å²) in [6.07, 6.45) is 0.568. The molecule has 3 N–H and O–H groups in total. The van der Waals surface area contributed by atoms with Gasteiger partial charge in [-0.25, -0.2) is 0 Å². The van der Waals surface area contributed by atoms with Gasteiger partial charge < -0.3 is 15.2 Å². The molecule has 0 aliphatic heterocycles. The Balaban J connectivity index is -0.000000177. The minimum absolute atomic E-state index is 0. The number of carbonyl (C=O) groups excluding carboxylic acids is 1. The Labute approximate surface area is 94.6 Å². The van der Waals surface area contributed by atoms with Crippen LogP contribution in [0.15, 0.2) is 0 Å². The molecule has 0 spiro atoms. The van der Waals surface area contributed by atoms with E-state index in [9.17, 15) is 9.90 Å². The van der Waals surface area contributed by atoms with Crippen molar-refractivity contribution in [1.82, 2.24) is 5.32 Å². The van der Waals surface area contributed by atoms with Crippen LogP contribution >= 0.6 is 0 Å². The summed E-state index contributed by atoms with van der Waals surface area (Å²) < 4.78 is 31.6. The number of carboxylic acid groups (broad SMARTS) is 1. The van der Waals surface area contributed by atoms with E-state index in [1.165, 1.54) is 0 Å². The van der Waals surface area contributed by atoms with E-state index < -0.39 is 22.4 Å². The third-order valence-electron chi connectivity index (χ3n) is 1.04. The normalized spacial score (nSPS) is 11.7. The first-order chi connectivity index (χ1) is 5.72. The molecule has 0 saturated carbocycles. The topological polar surface area (TPSA) is 127 Å². The standard InChI is InChI=1S/C5H11NO2.Li.H2O4S/c1-3-4(6-2)5(7)8;;1-5(2,3)4/h4,6H,3H2,1-2H3,(H,7,8);;(H2,1,2,3,4)/q;+1;/p-1. The van der Waals surface area contributed by atoms with Gasteiger partial charge in [0.2, 0.25) is 0 Å². The number of carbonyl (C=O) groups is 1. The maximum atomic E-state index is 9.99. The Morgan fingerprint density at radius 2 is 1.79 bits per heavy atom. The van der Waals surface area contributed by atoms with Crippen LogP contribution in [-0.2, 0) is 15.2 Å². The average molecular weight is 221 g/mol. The summed E-state index contributed by atoms with van der Waals surface area (Å²) in [7, 11) is -3.07. The van der Waals surface area contributed by atoms with Crippen LogP contribution in [0.3, 0.4) is 0 Å². The smallest absolute Gasteiger partial charge is 0.548 e. The van der Waals surface area contributed by atoms with E-state index in [4.69, 9.17) is 17.5 Å². The molecule has 0 rings (SSSR count). The first-order valence-corrected chi connectivity index (χ1v) is 4.70. The Morgan fingerprint density at radius 3 is 1.79 bits per heavy atom. The molecule has 9 heteroatoms. The van der Waals surface area contributed by atoms with Gasteiger partial charge in [-0.1, -0.05) is 6.92 Å². The zero-order valence-corrected chi connectivity index (χ0v) is 9.04. The van der Waals surface area contributed by atoms with Crippen molar-refractivity contribution in [3.05, 3.63) is 0 Å². The predicted molar refractivity (Wildman–Crippen MR) is 42.3 cm³/mol. The van der Waals surface area contributed by atoms with Crippen molar-refractivity contribution in [2.45, 2.75) is 19.4 Å². The minimum Gasteiger partial charge on any atom is -0.548 e. The maximum absolute atomic E-state index is 9.99. The molecule has 0 aliphatic rings. The van der Waals surface area contributed by atoms with Crippen LogP contribution in [0.5, 0.6) is 0 Å². The number of nitrogens with one attached hydrogen (secondary N) is 1. The Hall–Kier alpha value is -0.103. The number of carboxylic acids is 1. The molecule has 14 heavy (non-hydrogen) atoms. The Morgan fingerprint density at radius 1 is 1.50 bits per heavy atom. The first kappa shape index (κ1) is 19.5. The van der Waals surface area contributed by atoms with Crippen LogP contribution in [0.25, 0.3) is 0 Å². The zero-order chi connectivity index (χ0) is 11.1. The van der Waals surface area contributed by atoms with E-state index in [1.54, 1.807) is 14.0 Å². The molecule has 0 fully saturated rings. The van der Waals surface area contributed by atoms with Gasteiger partial charge in [0, 0.05) is 6.04 Å². The van der Waals surface area contributed by atoms with E-state index >= 15 is 0 Å². The van der Waals surface area contributed by atoms with Gasteiger partial charge in [-0.15, -0.1) is 0 Å². The third kappa shape index (κ3) is 22.7. The van der Waals surface area contributed by atoms with Gasteiger partial charge in [0.1, 0.15) is 0 Å². The average Bonchev–Trinajstić information content (AvgIpc) is 1.85. The molecule has 0 bridgehead atoms. The van der Waals surface area contributed by atoms with Crippen molar-refractivity contribution >= 4 is 16.4 Å². The summed E-state index contributed by atoms with van der Waals surface area (Å²) in [5.41, 5.74) is 0. The molecule has 0 aromatic rings. The molecule has 1 unspecified atom stereocenters. The summed E-state index contributed by atoms with van der Waals surface area (Å²) in [6.45, 7) is 1.79. The quantitative estimate of drug-likeness (QED) is 0.322. The summed E-state index contributed by atoms with van der Waals surface area (Å²) in [4.78, 5) is 9.99. The van der Waals surface area contributed by atoms with Gasteiger partial charge in [-0.05, 0) is 13.5 Å². The van der Waals surface area contributed by atoms with Gasteiger partial charge in [0.25, 0.3) is 0 Å². The molecule has 0 radical (unpaired) electrons. The van der Waals surface area contributed by atoms with Gasteiger partial charge in [0.05, 0.1) is 5.97 Å². The minimum atomic E-state index is -4.67. The van der Waals surface area contributed by atoms with Crippen LogP contribution < -0.4 is 29.3 Å². The van der Waals surface area contributed by atoms with E-state index in [0.29, 0.717) is 6.42 Å². The maximum Gasteiger partial charge on any atom is 1.00 e. The largest absolute Gasteiger partial charge is 1.00 e. The van der Waals surface area contributed by atoms with Crippen LogP contribution in [-0.4, -0.2) is 36.6 Å². The van der Waals surface area contributed by atoms with Crippen molar-refractivity contribution in [3.8, 4) is 0 Å². The van der Waals surface area contributed by atoms with Crippen molar-refractivity contribution in [2.24, 2.45) is 0 Å². The molecule has 0 saturated heterocycles. The summed E-state index contributed by atoms with van der Waals surface area (Å²) in [5, 5.41) is 12.6. The number of hydrogen-bond acceptors (Lipinski definition) is 5. The Kier molecular flexibility index (Phi) is 13.1. The number of aliphatic carboxylic acids is 1. The van der Waals surface area contributed by atoms with Crippen molar-refractivity contribution in [2.75, 3.05) is 7.05 Å². The fourth-order valence-electron chi connectivity index (χ4n) is 0.489. The first-order valence-electron chi connectivity index (χ1n) is 3.30. The SMILES string of the molecule is CCC(NC)C(=O)[O-].O=S(=O)(O)O.[Li+]. The monoisotopic (exact) mass is 221 g/mol. The fraction of sp³-hybridized carbons (Fsp3) is 0.800. The van der Waals surface area contributed by atoms with E-state index in [-0.39, 0.29) is 18.9 Å². The van der Waals surface area contributed by atoms with Crippen molar-refractivity contribution in [1.29, 1.82) is 0 Å². The van der Waals surface area contributed by atoms with Gasteiger partial charge in [0.15, 0.2) is 0 Å². The van der Waals surface area contributed by atoms with Crippen LogP contribution in [0.4, 0.5) is 0 Å². The van der Waals surface area contributed by atoms with Crippen LogP contribution in [0.2, 0.25) is 0 Å². The van der Waals surface area contributed by atoms with Gasteiger partial charge >= 0.3 is 29.3 Å². The molecular weight excluding hydrogens is 209 g/mol. The molecule has 0 aliphatic carbocycles. The molecule has 80 valence electrons. The second-order valence-corrected chi connectivity index (χ2v) is 2.91. The second kappa shape index (κ2) is 9.45. The summed E-state index contributed by atoms with van der Waals surface area (Å²) >= 11 is 0. The molecule has 0 amide bonds. The van der Waals surface area contributed by atoms with E-state index in [2.05, 4.69) is 5.32 Å². The van der Waals surface area contributed by atoms with E-state index in [1.807, 2.05) is 0 Å². The third-order valence-corrected chi connectivity index (χ3v) is 1.04. The molecule has 0 aromatic heterocycles. The van der Waals surface area contributed by atoms with Crippen molar-refractivity contribution in [3.63, 3.8) is 0 Å². The molecular formula is C5H12LiNO6S. The molecule has 0 heterocycles. The molecule has 1 atom stereocenters. The number of rotatable bonds is 3. The number of hydrogen-bond donors (Lipinski definition) is 3. The Bertz CT molecular complexity index is 229. The second-order valence-electron chi connectivity index (χ2n) is 2.02. The predicted octanol–water partition coefficient (Wildman–Crippen LogP) is -4.91. The number of likely N-dealkylation sites (N-methyl/N-ethyl adjacent to an activating group) is 1. The summed E-state index contributed by atoms with van der Waals surface area (Å²) in [6, 6.07) is -0.491. The van der Waals surface area contributed by atoms with Crippen LogP contribution in [0, 0.1) is 0 Å². The summed E-state index contributed by atoms with van der Waals surface area (Å²) in [5.74, 6) is -1.03. The molecule has 7 nitrogen and oxygen atoms in total.